The van der Waals surface area contributed by atoms with E-state index in [0.29, 0.717) is 13.0 Å². The lowest BCUT2D eigenvalue weighted by atomic mass is 10.1. The fourth-order valence-electron chi connectivity index (χ4n) is 2.61. The Kier molecular flexibility index (Phi) is 5.80. The van der Waals surface area contributed by atoms with Crippen LogP contribution in [0.1, 0.15) is 35.6 Å². The van der Waals surface area contributed by atoms with Gasteiger partial charge in [-0.15, -0.1) is 0 Å². The Bertz CT molecular complexity index is 659. The van der Waals surface area contributed by atoms with Crippen LogP contribution in [0.3, 0.4) is 0 Å². The molecule has 0 radical (unpaired) electrons. The van der Waals surface area contributed by atoms with Crippen molar-refractivity contribution in [2.75, 3.05) is 0 Å². The van der Waals surface area contributed by atoms with Gasteiger partial charge in [0.1, 0.15) is 5.75 Å². The Hall–Kier alpha value is -2.29. The van der Waals surface area contributed by atoms with E-state index in [-0.39, 0.29) is 5.91 Å². The SMILES string of the molecule is CC[C@@H](Oc1cc(C)cc(C)c1)C(=O)NCc1cccc(C)c1. The van der Waals surface area contributed by atoms with E-state index in [1.165, 1.54) is 5.56 Å². The van der Waals surface area contributed by atoms with Gasteiger partial charge in [0.05, 0.1) is 0 Å². The molecule has 1 amide bonds. The third-order valence-electron chi connectivity index (χ3n) is 3.69. The van der Waals surface area contributed by atoms with E-state index in [4.69, 9.17) is 4.74 Å². The fourth-order valence-corrected chi connectivity index (χ4v) is 2.61. The molecule has 0 saturated heterocycles. The number of amides is 1. The summed E-state index contributed by atoms with van der Waals surface area (Å²) in [5, 5.41) is 2.96. The van der Waals surface area contributed by atoms with Crippen LogP contribution >= 0.6 is 0 Å². The molecular formula is C20H25NO2. The van der Waals surface area contributed by atoms with Crippen molar-refractivity contribution in [2.24, 2.45) is 0 Å². The number of nitrogens with one attached hydrogen (secondary N) is 1. The molecule has 1 atom stereocenters. The zero-order valence-corrected chi connectivity index (χ0v) is 14.3. The molecule has 122 valence electrons. The molecule has 3 nitrogen and oxygen atoms in total. The van der Waals surface area contributed by atoms with E-state index in [1.807, 2.05) is 58.0 Å². The van der Waals surface area contributed by atoms with Crippen molar-refractivity contribution < 1.29 is 9.53 Å². The van der Waals surface area contributed by atoms with Gasteiger partial charge in [0.2, 0.25) is 0 Å². The van der Waals surface area contributed by atoms with Crippen molar-refractivity contribution in [1.29, 1.82) is 0 Å². The number of rotatable bonds is 6. The zero-order valence-electron chi connectivity index (χ0n) is 14.3. The summed E-state index contributed by atoms with van der Waals surface area (Å²) >= 11 is 0. The molecule has 1 N–H and O–H groups in total. The van der Waals surface area contributed by atoms with Gasteiger partial charge in [-0.2, -0.15) is 0 Å². The van der Waals surface area contributed by atoms with E-state index >= 15 is 0 Å². The first kappa shape index (κ1) is 17.1. The van der Waals surface area contributed by atoms with Gasteiger partial charge >= 0.3 is 0 Å². The largest absolute Gasteiger partial charge is 0.481 e. The first-order valence-corrected chi connectivity index (χ1v) is 8.06. The highest BCUT2D eigenvalue weighted by Gasteiger charge is 2.18. The molecule has 0 aliphatic carbocycles. The molecule has 0 bridgehead atoms. The van der Waals surface area contributed by atoms with E-state index < -0.39 is 6.10 Å². The fraction of sp³-hybridized carbons (Fsp3) is 0.350. The van der Waals surface area contributed by atoms with Crippen LogP contribution in [0.4, 0.5) is 0 Å². The molecule has 0 spiro atoms. The van der Waals surface area contributed by atoms with Gasteiger partial charge in [0.25, 0.3) is 5.91 Å². The van der Waals surface area contributed by atoms with Crippen LogP contribution in [0, 0.1) is 20.8 Å². The average molecular weight is 311 g/mol. The predicted octanol–water partition coefficient (Wildman–Crippen LogP) is 4.09. The second-order valence-corrected chi connectivity index (χ2v) is 6.05. The summed E-state index contributed by atoms with van der Waals surface area (Å²) in [5.74, 6) is 0.674. The van der Waals surface area contributed by atoms with Crippen molar-refractivity contribution >= 4 is 5.91 Å². The number of aryl methyl sites for hydroxylation is 3. The first-order valence-electron chi connectivity index (χ1n) is 8.06. The molecule has 0 heterocycles. The van der Waals surface area contributed by atoms with Crippen LogP contribution in [-0.2, 0) is 11.3 Å². The summed E-state index contributed by atoms with van der Waals surface area (Å²) in [6, 6.07) is 14.1. The Morgan fingerprint density at radius 2 is 1.74 bits per heavy atom. The number of benzene rings is 2. The molecule has 2 rings (SSSR count). The third kappa shape index (κ3) is 5.13. The van der Waals surface area contributed by atoms with Crippen molar-refractivity contribution in [3.05, 3.63) is 64.7 Å². The lowest BCUT2D eigenvalue weighted by Gasteiger charge is -2.18. The molecule has 23 heavy (non-hydrogen) atoms. The summed E-state index contributed by atoms with van der Waals surface area (Å²) in [6.07, 6.45) is 0.160. The van der Waals surface area contributed by atoms with Crippen LogP contribution < -0.4 is 10.1 Å². The number of carbonyl (C=O) groups is 1. The topological polar surface area (TPSA) is 38.3 Å². The summed E-state index contributed by atoms with van der Waals surface area (Å²) in [4.78, 5) is 12.4. The van der Waals surface area contributed by atoms with Gasteiger partial charge in [0.15, 0.2) is 6.10 Å². The normalized spacial score (nSPS) is 11.8. The molecule has 0 aromatic heterocycles. The molecule has 0 aliphatic heterocycles. The lowest BCUT2D eigenvalue weighted by Crippen LogP contribution is -2.37. The Labute approximate surface area is 138 Å². The maximum Gasteiger partial charge on any atom is 0.261 e. The second-order valence-electron chi connectivity index (χ2n) is 6.05. The molecular weight excluding hydrogens is 286 g/mol. The minimum absolute atomic E-state index is 0.0758. The van der Waals surface area contributed by atoms with Crippen LogP contribution in [0.5, 0.6) is 5.75 Å². The van der Waals surface area contributed by atoms with E-state index in [1.54, 1.807) is 0 Å². The zero-order chi connectivity index (χ0) is 16.8. The number of ether oxygens (including phenoxy) is 1. The minimum atomic E-state index is -0.471. The summed E-state index contributed by atoms with van der Waals surface area (Å²) in [7, 11) is 0. The quantitative estimate of drug-likeness (QED) is 0.872. The molecule has 0 fully saturated rings. The van der Waals surface area contributed by atoms with Crippen LogP contribution in [0.15, 0.2) is 42.5 Å². The smallest absolute Gasteiger partial charge is 0.261 e. The molecule has 0 unspecified atom stereocenters. The summed E-state index contributed by atoms with van der Waals surface area (Å²) in [6.45, 7) is 8.58. The van der Waals surface area contributed by atoms with Crippen LogP contribution in [-0.4, -0.2) is 12.0 Å². The van der Waals surface area contributed by atoms with Crippen molar-refractivity contribution in [2.45, 2.75) is 46.8 Å². The lowest BCUT2D eigenvalue weighted by molar-refractivity contribution is -0.128. The van der Waals surface area contributed by atoms with Crippen molar-refractivity contribution in [1.82, 2.24) is 5.32 Å². The van der Waals surface area contributed by atoms with Gasteiger partial charge in [0, 0.05) is 6.54 Å². The van der Waals surface area contributed by atoms with Crippen molar-refractivity contribution in [3.63, 3.8) is 0 Å². The average Bonchev–Trinajstić information content (AvgIpc) is 2.49. The maximum absolute atomic E-state index is 12.4. The summed E-state index contributed by atoms with van der Waals surface area (Å²) in [5.41, 5.74) is 4.56. The standard InChI is InChI=1S/C20H25NO2/c1-5-19(23-18-11-15(3)9-16(4)12-18)20(22)21-13-17-8-6-7-14(2)10-17/h6-12,19H,5,13H2,1-4H3,(H,21,22)/t19-/m1/s1. The highest BCUT2D eigenvalue weighted by atomic mass is 16.5. The van der Waals surface area contributed by atoms with Gasteiger partial charge in [-0.3, -0.25) is 4.79 Å². The molecule has 3 heteroatoms. The van der Waals surface area contributed by atoms with E-state index in [0.717, 1.165) is 22.4 Å². The van der Waals surface area contributed by atoms with Gasteiger partial charge in [-0.25, -0.2) is 0 Å². The molecule has 2 aromatic rings. The van der Waals surface area contributed by atoms with Gasteiger partial charge in [-0.1, -0.05) is 42.8 Å². The minimum Gasteiger partial charge on any atom is -0.481 e. The monoisotopic (exact) mass is 311 g/mol. The highest BCUT2D eigenvalue weighted by molar-refractivity contribution is 5.81. The van der Waals surface area contributed by atoms with Gasteiger partial charge in [-0.05, 0) is 56.0 Å². The van der Waals surface area contributed by atoms with Crippen LogP contribution in [0.25, 0.3) is 0 Å². The summed E-state index contributed by atoms with van der Waals surface area (Å²) < 4.78 is 5.89. The Balaban J connectivity index is 1.98. The maximum atomic E-state index is 12.4. The second kappa shape index (κ2) is 7.82. The highest BCUT2D eigenvalue weighted by Crippen LogP contribution is 2.18. The van der Waals surface area contributed by atoms with E-state index in [2.05, 4.69) is 17.4 Å². The molecule has 0 aliphatic rings. The Morgan fingerprint density at radius 3 is 2.35 bits per heavy atom. The van der Waals surface area contributed by atoms with Gasteiger partial charge < -0.3 is 10.1 Å². The van der Waals surface area contributed by atoms with Crippen LogP contribution in [0.2, 0.25) is 0 Å². The number of carbonyl (C=O) groups excluding carboxylic acids is 1. The Morgan fingerprint density at radius 1 is 1.04 bits per heavy atom. The van der Waals surface area contributed by atoms with E-state index in [9.17, 15) is 4.79 Å². The third-order valence-corrected chi connectivity index (χ3v) is 3.69. The van der Waals surface area contributed by atoms with Crippen molar-refractivity contribution in [3.8, 4) is 5.75 Å². The predicted molar refractivity (Wildman–Crippen MR) is 93.6 cm³/mol. The number of hydrogen-bond acceptors (Lipinski definition) is 2. The molecule has 2 aromatic carbocycles. The molecule has 0 saturated carbocycles. The number of hydrogen-bond donors (Lipinski definition) is 1. The first-order chi connectivity index (χ1) is 11.0.